The molecule has 0 saturated carbocycles. The van der Waals surface area contributed by atoms with Crippen LogP contribution in [0.4, 0.5) is 0 Å². The molecule has 3 aromatic rings. The minimum Gasteiger partial charge on any atom is -0.324 e. The molecule has 3 rings (SSSR count). The number of hydrogen-bond acceptors (Lipinski definition) is 3. The van der Waals surface area contributed by atoms with Crippen LogP contribution < -0.4 is 5.73 Å². The largest absolute Gasteiger partial charge is 0.324 e. The number of halogens is 1. The van der Waals surface area contributed by atoms with E-state index in [0.29, 0.717) is 0 Å². The summed E-state index contributed by atoms with van der Waals surface area (Å²) in [5, 5.41) is 2.81. The van der Waals surface area contributed by atoms with Crippen molar-refractivity contribution < 1.29 is 0 Å². The second-order valence-corrected chi connectivity index (χ2v) is 5.83. The number of benzene rings is 1. The van der Waals surface area contributed by atoms with E-state index in [4.69, 9.17) is 17.3 Å². The van der Waals surface area contributed by atoms with Crippen molar-refractivity contribution in [2.45, 2.75) is 12.5 Å². The molecule has 0 spiro atoms. The number of hydrogen-bond donors (Lipinski definition) is 1. The van der Waals surface area contributed by atoms with Crippen molar-refractivity contribution in [3.63, 3.8) is 0 Å². The second kappa shape index (κ2) is 5.29. The van der Waals surface area contributed by atoms with Gasteiger partial charge in [0.2, 0.25) is 0 Å². The van der Waals surface area contributed by atoms with E-state index in [9.17, 15) is 0 Å². The minimum atomic E-state index is -0.0844. The normalized spacial score (nSPS) is 12.7. The van der Waals surface area contributed by atoms with E-state index in [0.717, 1.165) is 28.1 Å². The number of pyridine rings is 1. The van der Waals surface area contributed by atoms with Crippen LogP contribution in [-0.2, 0) is 6.42 Å². The summed E-state index contributed by atoms with van der Waals surface area (Å²) in [4.78, 5) is 4.42. The van der Waals surface area contributed by atoms with E-state index < -0.39 is 0 Å². The molecule has 0 aliphatic heterocycles. The van der Waals surface area contributed by atoms with Gasteiger partial charge >= 0.3 is 0 Å². The highest BCUT2D eigenvalue weighted by molar-refractivity contribution is 7.17. The summed E-state index contributed by atoms with van der Waals surface area (Å²) in [5.74, 6) is 0. The molecule has 0 radical (unpaired) electrons. The monoisotopic (exact) mass is 288 g/mol. The van der Waals surface area contributed by atoms with Crippen molar-refractivity contribution in [2.75, 3.05) is 0 Å². The van der Waals surface area contributed by atoms with Crippen LogP contribution in [0.15, 0.2) is 48.0 Å². The third-order valence-corrected chi connectivity index (χ3v) is 4.37. The lowest BCUT2D eigenvalue weighted by atomic mass is 10.0. The van der Waals surface area contributed by atoms with E-state index in [-0.39, 0.29) is 6.04 Å². The molecule has 0 fully saturated rings. The lowest BCUT2D eigenvalue weighted by Crippen LogP contribution is -2.13. The first kappa shape index (κ1) is 12.6. The molecular weight excluding hydrogens is 276 g/mol. The van der Waals surface area contributed by atoms with Gasteiger partial charge in [0, 0.05) is 17.3 Å². The predicted molar refractivity (Wildman–Crippen MR) is 81.7 cm³/mol. The summed E-state index contributed by atoms with van der Waals surface area (Å²) < 4.78 is 1.17. The van der Waals surface area contributed by atoms with Gasteiger partial charge in [0.15, 0.2) is 0 Å². The number of nitrogens with zero attached hydrogens (tertiary/aromatic N) is 1. The van der Waals surface area contributed by atoms with E-state index in [1.54, 1.807) is 11.3 Å². The zero-order valence-corrected chi connectivity index (χ0v) is 11.8. The van der Waals surface area contributed by atoms with Crippen LogP contribution >= 0.6 is 22.9 Å². The molecule has 0 amide bonds. The van der Waals surface area contributed by atoms with E-state index in [1.165, 1.54) is 4.70 Å². The van der Waals surface area contributed by atoms with E-state index >= 15 is 0 Å². The number of nitrogens with two attached hydrogens (primary N) is 1. The fourth-order valence-corrected chi connectivity index (χ4v) is 3.09. The van der Waals surface area contributed by atoms with Gasteiger partial charge in [-0.15, -0.1) is 11.3 Å². The maximum Gasteiger partial charge on any atom is 0.0809 e. The van der Waals surface area contributed by atoms with Gasteiger partial charge in [-0.3, -0.25) is 4.98 Å². The quantitative estimate of drug-likeness (QED) is 0.785. The Bertz CT molecular complexity index is 708. The molecule has 19 heavy (non-hydrogen) atoms. The predicted octanol–water partition coefficient (Wildman–Crippen LogP) is 4.19. The smallest absolute Gasteiger partial charge is 0.0809 e. The van der Waals surface area contributed by atoms with Gasteiger partial charge in [-0.2, -0.15) is 0 Å². The van der Waals surface area contributed by atoms with Crippen molar-refractivity contribution in [1.29, 1.82) is 0 Å². The van der Waals surface area contributed by atoms with Crippen LogP contribution in [0.5, 0.6) is 0 Å². The lowest BCUT2D eigenvalue weighted by molar-refractivity contribution is 0.720. The Morgan fingerprint density at radius 2 is 2.11 bits per heavy atom. The van der Waals surface area contributed by atoms with Crippen molar-refractivity contribution in [3.8, 4) is 0 Å². The summed E-state index contributed by atoms with van der Waals surface area (Å²) in [7, 11) is 0. The summed E-state index contributed by atoms with van der Waals surface area (Å²) in [6, 6.07) is 11.9. The van der Waals surface area contributed by atoms with Crippen molar-refractivity contribution in [1.82, 2.24) is 4.98 Å². The number of rotatable bonds is 3. The Hall–Kier alpha value is -1.42. The standard InChI is InChI=1S/C15H13ClN2S/c16-12-4-2-1-3-10(12)7-13(17)11-8-15-14(18-9-11)5-6-19-15/h1-6,8-9,13H,7,17H2. The zero-order chi connectivity index (χ0) is 13.2. The van der Waals surface area contributed by atoms with Crippen molar-refractivity contribution >= 4 is 33.2 Å². The fraction of sp³-hybridized carbons (Fsp3) is 0.133. The van der Waals surface area contributed by atoms with Crippen LogP contribution in [0.25, 0.3) is 10.2 Å². The Labute approximate surface area is 120 Å². The van der Waals surface area contributed by atoms with Crippen LogP contribution in [-0.4, -0.2) is 4.98 Å². The van der Waals surface area contributed by atoms with E-state index in [2.05, 4.69) is 11.1 Å². The van der Waals surface area contributed by atoms with Crippen LogP contribution in [0, 0.1) is 0 Å². The highest BCUT2D eigenvalue weighted by Crippen LogP contribution is 2.25. The van der Waals surface area contributed by atoms with E-state index in [1.807, 2.05) is 41.9 Å². The molecule has 2 N–H and O–H groups in total. The average molecular weight is 289 g/mol. The average Bonchev–Trinajstić information content (AvgIpc) is 2.88. The summed E-state index contributed by atoms with van der Waals surface area (Å²) in [6.07, 6.45) is 2.58. The molecule has 96 valence electrons. The van der Waals surface area contributed by atoms with Gasteiger partial charge in [-0.05, 0) is 41.1 Å². The molecule has 2 aromatic heterocycles. The van der Waals surface area contributed by atoms with Crippen LogP contribution in [0.1, 0.15) is 17.2 Å². The molecule has 1 atom stereocenters. The molecule has 0 saturated heterocycles. The fourth-order valence-electron chi connectivity index (χ4n) is 2.08. The Kier molecular flexibility index (Phi) is 3.51. The van der Waals surface area contributed by atoms with Crippen molar-refractivity contribution in [2.24, 2.45) is 5.73 Å². The molecule has 1 aromatic carbocycles. The summed E-state index contributed by atoms with van der Waals surface area (Å²) in [5.41, 5.74) is 9.41. The third-order valence-electron chi connectivity index (χ3n) is 3.15. The molecule has 0 aliphatic rings. The molecular formula is C15H13ClN2S. The van der Waals surface area contributed by atoms with Gasteiger partial charge in [0.25, 0.3) is 0 Å². The summed E-state index contributed by atoms with van der Waals surface area (Å²) in [6.45, 7) is 0. The lowest BCUT2D eigenvalue weighted by Gasteiger charge is -2.12. The number of fused-ring (bicyclic) bond motifs is 1. The maximum absolute atomic E-state index is 6.26. The number of thiophene rings is 1. The molecule has 0 bridgehead atoms. The first-order chi connectivity index (χ1) is 9.24. The highest BCUT2D eigenvalue weighted by Gasteiger charge is 2.10. The number of aromatic nitrogens is 1. The molecule has 1 unspecified atom stereocenters. The topological polar surface area (TPSA) is 38.9 Å². The molecule has 2 nitrogen and oxygen atoms in total. The van der Waals surface area contributed by atoms with Gasteiger partial charge in [0.1, 0.15) is 0 Å². The maximum atomic E-state index is 6.26. The second-order valence-electron chi connectivity index (χ2n) is 4.47. The molecule has 0 aliphatic carbocycles. The zero-order valence-electron chi connectivity index (χ0n) is 10.2. The third kappa shape index (κ3) is 2.63. The van der Waals surface area contributed by atoms with Gasteiger partial charge in [-0.1, -0.05) is 29.8 Å². The van der Waals surface area contributed by atoms with Gasteiger partial charge in [-0.25, -0.2) is 0 Å². The highest BCUT2D eigenvalue weighted by atomic mass is 35.5. The first-order valence-electron chi connectivity index (χ1n) is 6.06. The van der Waals surface area contributed by atoms with Crippen molar-refractivity contribution in [3.05, 3.63) is 64.1 Å². The van der Waals surface area contributed by atoms with Gasteiger partial charge < -0.3 is 5.73 Å². The Morgan fingerprint density at radius 1 is 1.26 bits per heavy atom. The van der Waals surface area contributed by atoms with Crippen LogP contribution in [0.2, 0.25) is 5.02 Å². The van der Waals surface area contributed by atoms with Gasteiger partial charge in [0.05, 0.1) is 10.2 Å². The van der Waals surface area contributed by atoms with Crippen LogP contribution in [0.3, 0.4) is 0 Å². The molecule has 4 heteroatoms. The minimum absolute atomic E-state index is 0.0844. The Balaban J connectivity index is 1.87. The summed E-state index contributed by atoms with van der Waals surface area (Å²) >= 11 is 7.85. The Morgan fingerprint density at radius 3 is 2.95 bits per heavy atom. The SMILES string of the molecule is NC(Cc1ccccc1Cl)c1cnc2ccsc2c1. The first-order valence-corrected chi connectivity index (χ1v) is 7.32. The molecule has 2 heterocycles.